The number of anilines is 1. The number of hydrogen-bond acceptors (Lipinski definition) is 4. The van der Waals surface area contributed by atoms with Crippen LogP contribution in [0.2, 0.25) is 0 Å². The van der Waals surface area contributed by atoms with Gasteiger partial charge in [0.2, 0.25) is 0 Å². The number of nitrogens with one attached hydrogen (secondary N) is 2. The van der Waals surface area contributed by atoms with Gasteiger partial charge in [-0.05, 0) is 31.9 Å². The molecule has 0 unspecified atom stereocenters. The van der Waals surface area contributed by atoms with Gasteiger partial charge in [-0.15, -0.1) is 0 Å². The van der Waals surface area contributed by atoms with Gasteiger partial charge in [0.15, 0.2) is 0 Å². The van der Waals surface area contributed by atoms with Crippen molar-refractivity contribution in [2.24, 2.45) is 0 Å². The van der Waals surface area contributed by atoms with E-state index < -0.39 is 0 Å². The largest absolute Gasteiger partial charge is 0.349 e. The molecule has 0 saturated heterocycles. The van der Waals surface area contributed by atoms with Crippen molar-refractivity contribution >= 4 is 17.5 Å². The molecule has 2 N–H and O–H groups in total. The topological polar surface area (TPSA) is 84.0 Å². The summed E-state index contributed by atoms with van der Waals surface area (Å²) in [7, 11) is 0. The van der Waals surface area contributed by atoms with Gasteiger partial charge in [-0.3, -0.25) is 14.6 Å². The summed E-state index contributed by atoms with van der Waals surface area (Å²) in [6.45, 7) is 1.80. The molecule has 1 heterocycles. The minimum atomic E-state index is -0.390. The van der Waals surface area contributed by atoms with Crippen LogP contribution in [0.1, 0.15) is 39.4 Å². The Balaban J connectivity index is 1.78. The van der Waals surface area contributed by atoms with E-state index in [0.29, 0.717) is 11.3 Å². The lowest BCUT2D eigenvalue weighted by Crippen LogP contribution is -2.27. The van der Waals surface area contributed by atoms with Crippen molar-refractivity contribution in [2.45, 2.75) is 25.8 Å². The first-order valence-electron chi connectivity index (χ1n) is 7.13. The number of carbonyl (C=O) groups is 2. The molecule has 3 rings (SSSR count). The van der Waals surface area contributed by atoms with E-state index in [0.717, 1.165) is 18.5 Å². The molecule has 0 radical (unpaired) electrons. The minimum Gasteiger partial charge on any atom is -0.349 e. The molecule has 1 aromatic carbocycles. The number of hydrogen-bond donors (Lipinski definition) is 2. The van der Waals surface area contributed by atoms with E-state index in [1.807, 2.05) is 0 Å². The second kappa shape index (κ2) is 5.93. The second-order valence-corrected chi connectivity index (χ2v) is 5.29. The van der Waals surface area contributed by atoms with Gasteiger partial charge in [0, 0.05) is 12.2 Å². The molecule has 22 heavy (non-hydrogen) atoms. The molecule has 0 bridgehead atoms. The SMILES string of the molecule is Cc1cnc(C(=O)Nc2ccccc2C(=O)NC2CC2)cn1. The quantitative estimate of drug-likeness (QED) is 0.903. The van der Waals surface area contributed by atoms with Crippen LogP contribution in [0.4, 0.5) is 5.69 Å². The summed E-state index contributed by atoms with van der Waals surface area (Å²) in [5.41, 5.74) is 1.86. The molecular weight excluding hydrogens is 280 g/mol. The third kappa shape index (κ3) is 3.28. The summed E-state index contributed by atoms with van der Waals surface area (Å²) in [6.07, 6.45) is 4.97. The van der Waals surface area contributed by atoms with Crippen molar-refractivity contribution < 1.29 is 9.59 Å². The van der Waals surface area contributed by atoms with E-state index in [1.165, 1.54) is 12.4 Å². The monoisotopic (exact) mass is 296 g/mol. The van der Waals surface area contributed by atoms with Gasteiger partial charge in [-0.1, -0.05) is 12.1 Å². The highest BCUT2D eigenvalue weighted by molar-refractivity contribution is 6.08. The van der Waals surface area contributed by atoms with Gasteiger partial charge in [-0.2, -0.15) is 0 Å². The Morgan fingerprint density at radius 1 is 1.09 bits per heavy atom. The van der Waals surface area contributed by atoms with Gasteiger partial charge < -0.3 is 10.6 Å². The zero-order chi connectivity index (χ0) is 15.5. The van der Waals surface area contributed by atoms with E-state index in [9.17, 15) is 9.59 Å². The van der Waals surface area contributed by atoms with Gasteiger partial charge >= 0.3 is 0 Å². The maximum atomic E-state index is 12.2. The van der Waals surface area contributed by atoms with Crippen molar-refractivity contribution in [2.75, 3.05) is 5.32 Å². The maximum absolute atomic E-state index is 12.2. The fourth-order valence-electron chi connectivity index (χ4n) is 1.98. The first-order chi connectivity index (χ1) is 10.6. The number of rotatable bonds is 4. The molecule has 1 aliphatic rings. The number of benzene rings is 1. The van der Waals surface area contributed by atoms with E-state index in [4.69, 9.17) is 0 Å². The van der Waals surface area contributed by atoms with Crippen molar-refractivity contribution in [3.8, 4) is 0 Å². The summed E-state index contributed by atoms with van der Waals surface area (Å²) in [5.74, 6) is -0.562. The first kappa shape index (κ1) is 14.2. The van der Waals surface area contributed by atoms with Crippen molar-refractivity contribution in [3.05, 3.63) is 53.6 Å². The molecule has 1 aromatic heterocycles. The van der Waals surface area contributed by atoms with Crippen LogP contribution in [-0.2, 0) is 0 Å². The highest BCUT2D eigenvalue weighted by Gasteiger charge is 2.25. The molecule has 0 aliphatic heterocycles. The highest BCUT2D eigenvalue weighted by Crippen LogP contribution is 2.21. The Kier molecular flexibility index (Phi) is 3.82. The number of nitrogens with zero attached hydrogens (tertiary/aromatic N) is 2. The molecule has 6 heteroatoms. The molecule has 2 aromatic rings. The Morgan fingerprint density at radius 2 is 1.86 bits per heavy atom. The number of para-hydroxylation sites is 1. The lowest BCUT2D eigenvalue weighted by atomic mass is 10.1. The van der Waals surface area contributed by atoms with Gasteiger partial charge in [0.1, 0.15) is 5.69 Å². The number of carbonyl (C=O) groups excluding carboxylic acids is 2. The van der Waals surface area contributed by atoms with Gasteiger partial charge in [0.25, 0.3) is 11.8 Å². The van der Waals surface area contributed by atoms with Crippen molar-refractivity contribution in [1.29, 1.82) is 0 Å². The van der Waals surface area contributed by atoms with Crippen LogP contribution < -0.4 is 10.6 Å². The van der Waals surface area contributed by atoms with E-state index >= 15 is 0 Å². The third-order valence-corrected chi connectivity index (χ3v) is 3.35. The molecule has 1 saturated carbocycles. The van der Waals surface area contributed by atoms with Crippen LogP contribution in [-0.4, -0.2) is 27.8 Å². The third-order valence-electron chi connectivity index (χ3n) is 3.35. The molecule has 0 spiro atoms. The smallest absolute Gasteiger partial charge is 0.275 e. The summed E-state index contributed by atoms with van der Waals surface area (Å²) >= 11 is 0. The van der Waals surface area contributed by atoms with Crippen LogP contribution in [0.15, 0.2) is 36.7 Å². The van der Waals surface area contributed by atoms with Gasteiger partial charge in [0.05, 0.1) is 23.1 Å². The average molecular weight is 296 g/mol. The first-order valence-corrected chi connectivity index (χ1v) is 7.13. The van der Waals surface area contributed by atoms with Crippen LogP contribution in [0, 0.1) is 6.92 Å². The van der Waals surface area contributed by atoms with Gasteiger partial charge in [-0.25, -0.2) is 4.98 Å². The maximum Gasteiger partial charge on any atom is 0.275 e. The predicted octanol–water partition coefficient (Wildman–Crippen LogP) is 1.93. The standard InChI is InChI=1S/C16H16N4O2/c1-10-8-18-14(9-17-10)16(22)20-13-5-3-2-4-12(13)15(21)19-11-6-7-11/h2-5,8-9,11H,6-7H2,1H3,(H,19,21)(H,20,22). The predicted molar refractivity (Wildman–Crippen MR) is 81.7 cm³/mol. The summed E-state index contributed by atoms with van der Waals surface area (Å²) in [6, 6.07) is 7.18. The molecule has 6 nitrogen and oxygen atoms in total. The number of amides is 2. The van der Waals surface area contributed by atoms with Crippen LogP contribution in [0.25, 0.3) is 0 Å². The highest BCUT2D eigenvalue weighted by atomic mass is 16.2. The molecule has 2 amide bonds. The average Bonchev–Trinajstić information content (AvgIpc) is 3.32. The molecule has 1 aliphatic carbocycles. The molecular formula is C16H16N4O2. The zero-order valence-electron chi connectivity index (χ0n) is 12.2. The van der Waals surface area contributed by atoms with Crippen LogP contribution in [0.5, 0.6) is 0 Å². The van der Waals surface area contributed by atoms with Crippen molar-refractivity contribution in [3.63, 3.8) is 0 Å². The number of aryl methyl sites for hydroxylation is 1. The fourth-order valence-corrected chi connectivity index (χ4v) is 1.98. The van der Waals surface area contributed by atoms with Crippen LogP contribution in [0.3, 0.4) is 0 Å². The van der Waals surface area contributed by atoms with Crippen molar-refractivity contribution in [1.82, 2.24) is 15.3 Å². The van der Waals surface area contributed by atoms with E-state index in [-0.39, 0.29) is 23.6 Å². The Morgan fingerprint density at radius 3 is 2.55 bits per heavy atom. The van der Waals surface area contributed by atoms with Crippen LogP contribution >= 0.6 is 0 Å². The number of aromatic nitrogens is 2. The molecule has 1 fully saturated rings. The Bertz CT molecular complexity index is 708. The second-order valence-electron chi connectivity index (χ2n) is 5.29. The van der Waals surface area contributed by atoms with E-state index in [2.05, 4.69) is 20.6 Å². The Labute approximate surface area is 128 Å². The zero-order valence-corrected chi connectivity index (χ0v) is 12.2. The summed E-state index contributed by atoms with van der Waals surface area (Å²) < 4.78 is 0. The molecule has 112 valence electrons. The van der Waals surface area contributed by atoms with E-state index in [1.54, 1.807) is 31.2 Å². The lowest BCUT2D eigenvalue weighted by molar-refractivity contribution is 0.0952. The lowest BCUT2D eigenvalue weighted by Gasteiger charge is -2.10. The Hall–Kier alpha value is -2.76. The molecule has 0 atom stereocenters. The minimum absolute atomic E-state index is 0.173. The summed E-state index contributed by atoms with van der Waals surface area (Å²) in [4.78, 5) is 32.5. The normalized spacial score (nSPS) is 13.5. The fraction of sp³-hybridized carbons (Fsp3) is 0.250. The summed E-state index contributed by atoms with van der Waals surface area (Å²) in [5, 5.41) is 5.63.